The van der Waals surface area contributed by atoms with Crippen LogP contribution in [0.4, 0.5) is 11.4 Å². The van der Waals surface area contributed by atoms with E-state index >= 15 is 0 Å². The molecule has 1 fully saturated rings. The van der Waals surface area contributed by atoms with Crippen molar-refractivity contribution in [3.63, 3.8) is 0 Å². The van der Waals surface area contributed by atoms with Gasteiger partial charge in [0.25, 0.3) is 0 Å². The highest BCUT2D eigenvalue weighted by Crippen LogP contribution is 2.34. The fraction of sp³-hybridized carbons (Fsp3) is 0.350. The van der Waals surface area contributed by atoms with Gasteiger partial charge < -0.3 is 10.3 Å². The summed E-state index contributed by atoms with van der Waals surface area (Å²) in [6.07, 6.45) is 5.57. The van der Waals surface area contributed by atoms with Gasteiger partial charge in [0, 0.05) is 42.8 Å². The van der Waals surface area contributed by atoms with Crippen LogP contribution in [0, 0.1) is 0 Å². The largest absolute Gasteiger partial charge is 0.388 e. The van der Waals surface area contributed by atoms with Crippen molar-refractivity contribution in [2.45, 2.75) is 25.8 Å². The van der Waals surface area contributed by atoms with Crippen LogP contribution in [0.5, 0.6) is 0 Å². The summed E-state index contributed by atoms with van der Waals surface area (Å²) in [7, 11) is 1.98. The van der Waals surface area contributed by atoms with Gasteiger partial charge in [0.1, 0.15) is 0 Å². The summed E-state index contributed by atoms with van der Waals surface area (Å²) in [5, 5.41) is 18.0. The van der Waals surface area contributed by atoms with Crippen LogP contribution in [0.3, 0.4) is 0 Å². The van der Waals surface area contributed by atoms with Crippen LogP contribution < -0.4 is 10.3 Å². The maximum absolute atomic E-state index is 4.10. The first-order valence-corrected chi connectivity index (χ1v) is 9.07. The van der Waals surface area contributed by atoms with Crippen molar-refractivity contribution in [1.29, 1.82) is 0 Å². The fourth-order valence-electron chi connectivity index (χ4n) is 3.73. The number of fused-ring (bicyclic) bond motifs is 1. The number of aromatic nitrogens is 2. The Morgan fingerprint density at radius 3 is 2.64 bits per heavy atom. The maximum atomic E-state index is 4.10. The Kier molecular flexibility index (Phi) is 4.57. The van der Waals surface area contributed by atoms with Gasteiger partial charge in [-0.25, -0.2) is 5.01 Å². The fourth-order valence-corrected chi connectivity index (χ4v) is 3.73. The van der Waals surface area contributed by atoms with E-state index in [2.05, 4.69) is 68.0 Å². The molecule has 5 heteroatoms. The van der Waals surface area contributed by atoms with E-state index in [-0.39, 0.29) is 0 Å². The molecule has 0 saturated carbocycles. The lowest BCUT2D eigenvalue weighted by Gasteiger charge is -2.36. The summed E-state index contributed by atoms with van der Waals surface area (Å²) in [5.41, 5.74) is 3.62. The van der Waals surface area contributed by atoms with Crippen LogP contribution in [0.25, 0.3) is 10.8 Å². The van der Waals surface area contributed by atoms with Gasteiger partial charge in [-0.05, 0) is 31.0 Å². The predicted molar refractivity (Wildman–Crippen MR) is 104 cm³/mol. The molecule has 4 rings (SSSR count). The summed E-state index contributed by atoms with van der Waals surface area (Å²) < 4.78 is 0. The number of hydrogen-bond donors (Lipinski definition) is 2. The van der Waals surface area contributed by atoms with Gasteiger partial charge in [0.2, 0.25) is 0 Å². The van der Waals surface area contributed by atoms with E-state index in [1.165, 1.54) is 41.4 Å². The lowest BCUT2D eigenvalue weighted by molar-refractivity contribution is 0.250. The molecule has 2 N–H and O–H groups in total. The van der Waals surface area contributed by atoms with Crippen molar-refractivity contribution in [1.82, 2.24) is 15.2 Å². The van der Waals surface area contributed by atoms with E-state index in [1.807, 2.05) is 13.2 Å². The lowest BCUT2D eigenvalue weighted by Crippen LogP contribution is -2.42. The summed E-state index contributed by atoms with van der Waals surface area (Å²) in [4.78, 5) is 0. The van der Waals surface area contributed by atoms with Crippen LogP contribution in [0.1, 0.15) is 25.0 Å². The molecule has 0 amide bonds. The van der Waals surface area contributed by atoms with Crippen LogP contribution in [0.15, 0.2) is 48.7 Å². The van der Waals surface area contributed by atoms with Crippen LogP contribution in [0.2, 0.25) is 0 Å². The Balaban J connectivity index is 1.75. The number of nitrogens with zero attached hydrogens (tertiary/aromatic N) is 3. The second-order valence-corrected chi connectivity index (χ2v) is 6.58. The average molecular weight is 335 g/mol. The Morgan fingerprint density at radius 1 is 1.00 bits per heavy atom. The van der Waals surface area contributed by atoms with Crippen molar-refractivity contribution < 1.29 is 0 Å². The summed E-state index contributed by atoms with van der Waals surface area (Å²) in [6.45, 7) is 2.99. The average Bonchev–Trinajstić information content (AvgIpc) is 3.06. The van der Waals surface area contributed by atoms with Gasteiger partial charge in [0.15, 0.2) is 0 Å². The molecule has 0 atom stereocenters. The standard InChI is InChI=1S/C20H25N5/c1-21-19-9-10-20(18-8-4-3-7-17(18)19)25-14-6-2-5-13-24(25)15-16-11-12-22-23-16/h3-4,7-12,21H,2,5-6,13-15H2,1H3,(H,22,23). The number of aromatic amines is 1. The Labute approximate surface area is 148 Å². The van der Waals surface area contributed by atoms with Crippen LogP contribution in [-0.4, -0.2) is 35.3 Å². The predicted octanol–water partition coefficient (Wildman–Crippen LogP) is 4.01. The third kappa shape index (κ3) is 3.20. The Bertz CT molecular complexity index is 827. The van der Waals surface area contributed by atoms with E-state index in [1.54, 1.807) is 0 Å². The van der Waals surface area contributed by atoms with Gasteiger partial charge >= 0.3 is 0 Å². The molecule has 3 aromatic rings. The smallest absolute Gasteiger partial charge is 0.0602 e. The van der Waals surface area contributed by atoms with E-state index in [0.29, 0.717) is 0 Å². The number of hydrazine groups is 1. The van der Waals surface area contributed by atoms with E-state index in [0.717, 1.165) is 25.3 Å². The minimum Gasteiger partial charge on any atom is -0.388 e. The first-order chi connectivity index (χ1) is 12.4. The highest BCUT2D eigenvalue weighted by atomic mass is 15.6. The third-order valence-electron chi connectivity index (χ3n) is 4.99. The molecule has 0 aliphatic carbocycles. The topological polar surface area (TPSA) is 47.2 Å². The molecule has 1 aliphatic rings. The van der Waals surface area contributed by atoms with Crippen molar-refractivity contribution in [2.24, 2.45) is 0 Å². The second-order valence-electron chi connectivity index (χ2n) is 6.58. The maximum Gasteiger partial charge on any atom is 0.0602 e. The molecule has 5 nitrogen and oxygen atoms in total. The van der Waals surface area contributed by atoms with Gasteiger partial charge in [0.05, 0.1) is 17.9 Å². The third-order valence-corrected chi connectivity index (χ3v) is 4.99. The minimum atomic E-state index is 0.863. The van der Waals surface area contributed by atoms with E-state index < -0.39 is 0 Å². The monoisotopic (exact) mass is 335 g/mol. The van der Waals surface area contributed by atoms with E-state index in [4.69, 9.17) is 0 Å². The van der Waals surface area contributed by atoms with Gasteiger partial charge in [-0.15, -0.1) is 0 Å². The van der Waals surface area contributed by atoms with Crippen molar-refractivity contribution in [2.75, 3.05) is 30.5 Å². The Hall–Kier alpha value is -2.53. The molecule has 130 valence electrons. The molecule has 0 bridgehead atoms. The molecule has 0 spiro atoms. The zero-order valence-corrected chi connectivity index (χ0v) is 14.7. The van der Waals surface area contributed by atoms with Crippen molar-refractivity contribution in [3.05, 3.63) is 54.4 Å². The number of rotatable bonds is 4. The summed E-state index contributed by atoms with van der Waals surface area (Å²) in [6, 6.07) is 15.2. The minimum absolute atomic E-state index is 0.863. The zero-order chi connectivity index (χ0) is 17.1. The quantitative estimate of drug-likeness (QED) is 0.756. The van der Waals surface area contributed by atoms with Crippen LogP contribution >= 0.6 is 0 Å². The number of nitrogens with one attached hydrogen (secondary N) is 2. The zero-order valence-electron chi connectivity index (χ0n) is 14.7. The summed E-state index contributed by atoms with van der Waals surface area (Å²) in [5.74, 6) is 0. The Morgan fingerprint density at radius 2 is 1.84 bits per heavy atom. The van der Waals surface area contributed by atoms with Gasteiger partial charge in [-0.3, -0.25) is 5.10 Å². The van der Waals surface area contributed by atoms with Crippen molar-refractivity contribution >= 4 is 22.1 Å². The molecule has 1 saturated heterocycles. The number of H-pyrrole nitrogens is 1. The molecule has 2 heterocycles. The SMILES string of the molecule is CNc1ccc(N2CCCCCN2Cc2ccn[nH]2)c2ccccc12. The number of benzene rings is 2. The lowest BCUT2D eigenvalue weighted by atomic mass is 10.1. The van der Waals surface area contributed by atoms with Gasteiger partial charge in [-0.2, -0.15) is 5.10 Å². The highest BCUT2D eigenvalue weighted by molar-refractivity contribution is 6.02. The molecule has 25 heavy (non-hydrogen) atoms. The molecule has 0 unspecified atom stereocenters. The second kappa shape index (κ2) is 7.15. The first-order valence-electron chi connectivity index (χ1n) is 9.07. The molecule has 1 aromatic heterocycles. The first kappa shape index (κ1) is 16.0. The number of hydrogen-bond acceptors (Lipinski definition) is 4. The molecule has 1 aliphatic heterocycles. The van der Waals surface area contributed by atoms with E-state index in [9.17, 15) is 0 Å². The molecule has 0 radical (unpaired) electrons. The van der Waals surface area contributed by atoms with Crippen LogP contribution in [-0.2, 0) is 6.54 Å². The number of anilines is 2. The normalized spacial score (nSPS) is 16.1. The molecule has 2 aromatic carbocycles. The van der Waals surface area contributed by atoms with Crippen molar-refractivity contribution in [3.8, 4) is 0 Å². The highest BCUT2D eigenvalue weighted by Gasteiger charge is 2.21. The summed E-state index contributed by atoms with van der Waals surface area (Å²) >= 11 is 0. The van der Waals surface area contributed by atoms with Gasteiger partial charge in [-0.1, -0.05) is 30.7 Å². The molecular formula is C20H25N5. The molecular weight excluding hydrogens is 310 g/mol.